The minimum absolute atomic E-state index is 0.0326. The summed E-state index contributed by atoms with van der Waals surface area (Å²) in [5, 5.41) is 14.5. The molecule has 0 atom stereocenters. The van der Waals surface area contributed by atoms with Crippen LogP contribution in [0.3, 0.4) is 0 Å². The van der Waals surface area contributed by atoms with Gasteiger partial charge in [-0.1, -0.05) is 23.8 Å². The Kier molecular flexibility index (Phi) is 5.58. The van der Waals surface area contributed by atoms with E-state index in [2.05, 4.69) is 20.6 Å². The Labute approximate surface area is 159 Å². The fourth-order valence-electron chi connectivity index (χ4n) is 2.21. The van der Waals surface area contributed by atoms with Gasteiger partial charge in [0.1, 0.15) is 18.4 Å². The van der Waals surface area contributed by atoms with Crippen LogP contribution in [0.5, 0.6) is 11.6 Å². The lowest BCUT2D eigenvalue weighted by Crippen LogP contribution is -2.21. The van der Waals surface area contributed by atoms with Gasteiger partial charge in [-0.05, 0) is 12.5 Å². The molecule has 1 aromatic carbocycles. The van der Waals surface area contributed by atoms with E-state index in [4.69, 9.17) is 32.1 Å². The number of ether oxygens (including phenoxy) is 2. The molecule has 1 aliphatic rings. The van der Waals surface area contributed by atoms with Gasteiger partial charge >= 0.3 is 6.03 Å². The molecule has 2 amide bonds. The highest BCUT2D eigenvalue weighted by molar-refractivity contribution is 6.33. The highest BCUT2D eigenvalue weighted by Crippen LogP contribution is 2.33. The first-order chi connectivity index (χ1) is 13.1. The second kappa shape index (κ2) is 8.25. The summed E-state index contributed by atoms with van der Waals surface area (Å²) in [6, 6.07) is 4.32. The third-order valence-electron chi connectivity index (χ3n) is 3.46. The number of rotatable bonds is 0. The molecule has 0 aliphatic carbocycles. The monoisotopic (exact) mass is 386 g/mol. The molecule has 2 bridgehead atoms. The number of carbonyl (C=O) groups is 1. The minimum Gasteiger partial charge on any atom is -0.487 e. The van der Waals surface area contributed by atoms with Crippen molar-refractivity contribution in [3.63, 3.8) is 0 Å². The molecule has 27 heavy (non-hydrogen) atoms. The maximum absolute atomic E-state index is 12.3. The van der Waals surface area contributed by atoms with Crippen molar-refractivity contribution >= 4 is 34.8 Å². The molecule has 0 spiro atoms. The molecule has 0 saturated heterocycles. The maximum Gasteiger partial charge on any atom is 0.325 e. The lowest BCUT2D eigenvalue weighted by Gasteiger charge is -2.14. The van der Waals surface area contributed by atoms with Gasteiger partial charge in [0.2, 0.25) is 5.69 Å². The molecule has 0 radical (unpaired) electrons. The van der Waals surface area contributed by atoms with Crippen molar-refractivity contribution in [2.45, 2.75) is 6.42 Å². The van der Waals surface area contributed by atoms with E-state index in [0.717, 1.165) is 0 Å². The number of urea groups is 1. The van der Waals surface area contributed by atoms with E-state index in [1.807, 2.05) is 12.1 Å². The van der Waals surface area contributed by atoms with Crippen molar-refractivity contribution in [1.82, 2.24) is 9.97 Å². The number of nitrogens with zero attached hydrogens (tertiary/aromatic N) is 3. The summed E-state index contributed by atoms with van der Waals surface area (Å²) in [6.45, 7) is 0.545. The lowest BCUT2D eigenvalue weighted by atomic mass is 10.2. The third kappa shape index (κ3) is 4.56. The number of halogens is 1. The molecular weight excluding hydrogens is 372 g/mol. The molecule has 4 N–H and O–H groups in total. The van der Waals surface area contributed by atoms with Crippen LogP contribution in [0.25, 0.3) is 0 Å². The van der Waals surface area contributed by atoms with Crippen molar-refractivity contribution in [3.8, 4) is 17.7 Å². The van der Waals surface area contributed by atoms with Gasteiger partial charge in [0.05, 0.1) is 29.2 Å². The number of benzene rings is 1. The summed E-state index contributed by atoms with van der Waals surface area (Å²) >= 11 is 6.04. The van der Waals surface area contributed by atoms with Crippen molar-refractivity contribution in [3.05, 3.63) is 41.2 Å². The molecule has 3 rings (SSSR count). The van der Waals surface area contributed by atoms with Crippen LogP contribution in [-0.2, 0) is 0 Å². The second-order valence-electron chi connectivity index (χ2n) is 5.39. The Bertz CT molecular complexity index is 941. The summed E-state index contributed by atoms with van der Waals surface area (Å²) < 4.78 is 11.1. The van der Waals surface area contributed by atoms with Crippen LogP contribution in [0.4, 0.5) is 22.0 Å². The van der Waals surface area contributed by atoms with E-state index >= 15 is 0 Å². The van der Waals surface area contributed by atoms with Gasteiger partial charge in [0.25, 0.3) is 5.88 Å². The molecule has 1 aliphatic heterocycles. The van der Waals surface area contributed by atoms with Crippen molar-refractivity contribution < 1.29 is 14.3 Å². The first-order valence-electron chi connectivity index (χ1n) is 7.91. The molecule has 138 valence electrons. The van der Waals surface area contributed by atoms with Gasteiger partial charge < -0.3 is 20.5 Å². The van der Waals surface area contributed by atoms with Crippen LogP contribution >= 0.6 is 11.6 Å². The molecule has 2 heterocycles. The minimum atomic E-state index is -0.601. The third-order valence-corrected chi connectivity index (χ3v) is 3.79. The van der Waals surface area contributed by atoms with Gasteiger partial charge in [-0.25, -0.2) is 9.78 Å². The molecule has 0 saturated carbocycles. The number of hydrogen-bond acceptors (Lipinski definition) is 7. The predicted molar refractivity (Wildman–Crippen MR) is 100.0 cm³/mol. The quantitative estimate of drug-likeness (QED) is 0.467. The summed E-state index contributed by atoms with van der Waals surface area (Å²) in [5.74, 6) is 0.538. The number of nitriles is 1. The Morgan fingerprint density at radius 2 is 2.11 bits per heavy atom. The van der Waals surface area contributed by atoms with Crippen molar-refractivity contribution in [1.29, 1.82) is 5.26 Å². The lowest BCUT2D eigenvalue weighted by molar-refractivity contribution is 0.262. The number of amides is 2. The summed E-state index contributed by atoms with van der Waals surface area (Å²) in [7, 11) is 0. The molecule has 0 fully saturated rings. The van der Waals surface area contributed by atoms with Gasteiger partial charge in [-0.15, -0.1) is 0 Å². The zero-order valence-corrected chi connectivity index (χ0v) is 14.8. The molecule has 0 unspecified atom stereocenters. The topological polar surface area (TPSA) is 135 Å². The molecule has 10 heteroatoms. The highest BCUT2D eigenvalue weighted by Gasteiger charge is 2.14. The summed E-state index contributed by atoms with van der Waals surface area (Å²) in [6.07, 6.45) is 5.49. The van der Waals surface area contributed by atoms with Crippen LogP contribution in [0.15, 0.2) is 30.5 Å². The standard InChI is InChI=1S/C17H15ClN6O3/c18-10-6-12-14(7-11(10)20)26-4-2-1-3-5-27-16-13(8-19)21-9-15(23-16)24-17(25)22-12/h1-2,6-7,9H,3-5,20H2,(H2,22,23,24,25)/b2-1-. The average molecular weight is 387 g/mol. The van der Waals surface area contributed by atoms with Crippen molar-refractivity contribution in [2.75, 3.05) is 29.6 Å². The van der Waals surface area contributed by atoms with E-state index in [0.29, 0.717) is 23.5 Å². The van der Waals surface area contributed by atoms with Gasteiger partial charge in [0, 0.05) is 6.07 Å². The van der Waals surface area contributed by atoms with Crippen LogP contribution in [0, 0.1) is 11.3 Å². The summed E-state index contributed by atoms with van der Waals surface area (Å²) in [5.41, 5.74) is 6.51. The maximum atomic E-state index is 12.3. The number of nitrogen functional groups attached to an aromatic ring is 1. The van der Waals surface area contributed by atoms with Crippen molar-refractivity contribution in [2.24, 2.45) is 0 Å². The van der Waals surface area contributed by atoms with Gasteiger partial charge in [0.15, 0.2) is 5.82 Å². The number of hydrogen-bond donors (Lipinski definition) is 3. The van der Waals surface area contributed by atoms with Crippen LogP contribution in [0.1, 0.15) is 12.1 Å². The Morgan fingerprint density at radius 3 is 2.93 bits per heavy atom. The van der Waals surface area contributed by atoms with Gasteiger partial charge in [-0.3, -0.25) is 5.32 Å². The SMILES string of the molecule is N#Cc1ncc2nc1OCC/C=C\COc1cc(N)c(Cl)cc1NC(=O)N2. The van der Waals surface area contributed by atoms with E-state index in [-0.39, 0.29) is 35.6 Å². The van der Waals surface area contributed by atoms with E-state index in [1.165, 1.54) is 18.3 Å². The van der Waals surface area contributed by atoms with E-state index in [1.54, 1.807) is 6.08 Å². The molecule has 9 nitrogen and oxygen atoms in total. The van der Waals surface area contributed by atoms with Crippen LogP contribution in [0.2, 0.25) is 5.02 Å². The fraction of sp³-hybridized carbons (Fsp3) is 0.176. The number of aromatic nitrogens is 2. The number of anilines is 3. The number of fused-ring (bicyclic) bond motifs is 3. The van der Waals surface area contributed by atoms with Gasteiger partial charge in [-0.2, -0.15) is 10.2 Å². The fourth-order valence-corrected chi connectivity index (χ4v) is 2.38. The van der Waals surface area contributed by atoms with Crippen LogP contribution in [-0.4, -0.2) is 29.2 Å². The van der Waals surface area contributed by atoms with E-state index < -0.39 is 6.03 Å². The molecule has 2 aromatic rings. The zero-order chi connectivity index (χ0) is 19.2. The predicted octanol–water partition coefficient (Wildman–Crippen LogP) is 2.95. The highest BCUT2D eigenvalue weighted by atomic mass is 35.5. The number of carbonyl (C=O) groups excluding carboxylic acids is 1. The van der Waals surface area contributed by atoms with Crippen LogP contribution < -0.4 is 25.8 Å². The van der Waals surface area contributed by atoms with E-state index in [9.17, 15) is 4.79 Å². The zero-order valence-electron chi connectivity index (χ0n) is 14.0. The second-order valence-corrected chi connectivity index (χ2v) is 5.80. The smallest absolute Gasteiger partial charge is 0.325 e. The Morgan fingerprint density at radius 1 is 1.26 bits per heavy atom. The first-order valence-corrected chi connectivity index (χ1v) is 8.29. The summed E-state index contributed by atoms with van der Waals surface area (Å²) in [4.78, 5) is 20.4. The normalized spacial score (nSPS) is 15.3. The Balaban J connectivity index is 1.93. The molecule has 1 aromatic heterocycles. The molecular formula is C17H15ClN6O3. The average Bonchev–Trinajstić information content (AvgIpc) is 2.64. The number of nitrogens with two attached hydrogens (primary N) is 1. The first kappa shape index (κ1) is 18.3. The largest absolute Gasteiger partial charge is 0.487 e. The Hall–Kier alpha value is -3.51. The number of nitrogens with one attached hydrogen (secondary N) is 2.